The van der Waals surface area contributed by atoms with Crippen molar-refractivity contribution in [1.29, 1.82) is 0 Å². The zero-order valence-electron chi connectivity index (χ0n) is 7.27. The Morgan fingerprint density at radius 3 is 2.73 bits per heavy atom. The van der Waals surface area contributed by atoms with Crippen molar-refractivity contribution in [2.75, 3.05) is 0 Å². The van der Waals surface area contributed by atoms with Crippen LogP contribution in [0.3, 0.4) is 0 Å². The maximum atomic E-state index is 11.2. The minimum Gasteiger partial charge on any atom is -0.344 e. The van der Waals surface area contributed by atoms with Crippen molar-refractivity contribution in [2.45, 2.75) is 4.90 Å². The number of rotatable bonds is 2. The second kappa shape index (κ2) is 3.32. The van der Waals surface area contributed by atoms with Gasteiger partial charge in [0, 0.05) is 16.2 Å². The van der Waals surface area contributed by atoms with Gasteiger partial charge in [-0.25, -0.2) is 13.4 Å². The van der Waals surface area contributed by atoms with E-state index in [1.165, 1.54) is 18.5 Å². The van der Waals surface area contributed by atoms with Crippen LogP contribution in [0.25, 0.3) is 11.0 Å². The van der Waals surface area contributed by atoms with Crippen LogP contribution < -0.4 is 0 Å². The van der Waals surface area contributed by atoms with Gasteiger partial charge in [-0.3, -0.25) is 4.79 Å². The molecule has 0 saturated heterocycles. The van der Waals surface area contributed by atoms with Crippen LogP contribution in [0.5, 0.6) is 0 Å². The summed E-state index contributed by atoms with van der Waals surface area (Å²) in [6.45, 7) is 0. The van der Waals surface area contributed by atoms with Gasteiger partial charge >= 0.3 is 0 Å². The van der Waals surface area contributed by atoms with E-state index in [9.17, 15) is 13.2 Å². The molecule has 0 aliphatic rings. The number of aromatic amines is 1. The van der Waals surface area contributed by atoms with Crippen LogP contribution in [0.15, 0.2) is 23.4 Å². The molecule has 0 saturated carbocycles. The molecule has 1 aromatic carbocycles. The van der Waals surface area contributed by atoms with Crippen LogP contribution in [0.4, 0.5) is 0 Å². The van der Waals surface area contributed by atoms with Gasteiger partial charge in [0.05, 0.1) is 11.8 Å². The smallest absolute Gasteiger partial charge is 0.263 e. The minimum atomic E-state index is -3.85. The highest BCUT2D eigenvalue weighted by Gasteiger charge is 2.17. The highest BCUT2D eigenvalue weighted by atomic mass is 35.7. The predicted octanol–water partition coefficient (Wildman–Crippen LogP) is 1.30. The Bertz CT molecular complexity index is 632. The van der Waals surface area contributed by atoms with Gasteiger partial charge in [0.1, 0.15) is 10.4 Å². The molecule has 0 bridgehead atoms. The Kier molecular flexibility index (Phi) is 2.24. The van der Waals surface area contributed by atoms with Crippen LogP contribution in [0, 0.1) is 0 Å². The minimum absolute atomic E-state index is 0.106. The number of fused-ring (bicyclic) bond motifs is 1. The number of hydrogen-bond donors (Lipinski definition) is 1. The third kappa shape index (κ3) is 1.62. The molecule has 5 nitrogen and oxygen atoms in total. The number of carbonyl (C=O) groups is 1. The van der Waals surface area contributed by atoms with Crippen LogP contribution in [-0.2, 0) is 9.05 Å². The second-order valence-corrected chi connectivity index (χ2v) is 5.37. The van der Waals surface area contributed by atoms with Crippen molar-refractivity contribution < 1.29 is 13.2 Å². The molecule has 0 unspecified atom stereocenters. The third-order valence-electron chi connectivity index (χ3n) is 1.97. The average Bonchev–Trinajstić information content (AvgIpc) is 2.62. The van der Waals surface area contributed by atoms with Gasteiger partial charge in [0.25, 0.3) is 9.05 Å². The molecule has 0 radical (unpaired) electrons. The quantitative estimate of drug-likeness (QED) is 0.638. The number of halogens is 1. The molecular weight excluding hydrogens is 240 g/mol. The lowest BCUT2D eigenvalue weighted by Crippen LogP contribution is -1.94. The number of hydrogen-bond acceptors (Lipinski definition) is 4. The Labute approximate surface area is 89.5 Å². The van der Waals surface area contributed by atoms with Crippen molar-refractivity contribution >= 4 is 37.1 Å². The number of carbonyl (C=O) groups excluding carboxylic acids is 1. The topological polar surface area (TPSA) is 79.9 Å². The number of nitrogens with zero attached hydrogens (tertiary/aromatic N) is 1. The van der Waals surface area contributed by atoms with Crippen molar-refractivity contribution in [3.63, 3.8) is 0 Å². The largest absolute Gasteiger partial charge is 0.344 e. The van der Waals surface area contributed by atoms with Crippen molar-refractivity contribution in [1.82, 2.24) is 9.97 Å². The summed E-state index contributed by atoms with van der Waals surface area (Å²) in [7, 11) is 1.37. The molecule has 0 atom stereocenters. The van der Waals surface area contributed by atoms with Gasteiger partial charge in [-0.05, 0) is 12.1 Å². The first-order valence-corrected chi connectivity index (χ1v) is 6.21. The first-order valence-electron chi connectivity index (χ1n) is 3.90. The third-order valence-corrected chi connectivity index (χ3v) is 3.32. The summed E-state index contributed by atoms with van der Waals surface area (Å²) >= 11 is 0. The molecule has 1 aromatic heterocycles. The lowest BCUT2D eigenvalue weighted by molar-refractivity contribution is 0.112. The molecule has 2 rings (SSSR count). The molecule has 0 fully saturated rings. The van der Waals surface area contributed by atoms with Gasteiger partial charge in [0.15, 0.2) is 6.29 Å². The van der Waals surface area contributed by atoms with Crippen molar-refractivity contribution in [3.05, 3.63) is 24.0 Å². The fourth-order valence-electron chi connectivity index (χ4n) is 1.32. The number of aromatic nitrogens is 2. The van der Waals surface area contributed by atoms with Gasteiger partial charge in [-0.2, -0.15) is 0 Å². The summed E-state index contributed by atoms with van der Waals surface area (Å²) in [5.41, 5.74) is 0.882. The van der Waals surface area contributed by atoms with Crippen molar-refractivity contribution in [2.24, 2.45) is 0 Å². The van der Waals surface area contributed by atoms with E-state index in [2.05, 4.69) is 9.97 Å². The molecule has 7 heteroatoms. The Hall–Kier alpha value is -1.40. The van der Waals surface area contributed by atoms with E-state index in [0.717, 1.165) is 0 Å². The van der Waals surface area contributed by atoms with Gasteiger partial charge < -0.3 is 4.98 Å². The maximum Gasteiger partial charge on any atom is 0.263 e. The SMILES string of the molecule is O=Cc1ccc(S(=O)(=O)Cl)c2nc[nH]c12. The Balaban J connectivity index is 2.92. The Morgan fingerprint density at radius 1 is 1.40 bits per heavy atom. The number of nitrogens with one attached hydrogen (secondary N) is 1. The van der Waals surface area contributed by atoms with Crippen LogP contribution in [0.1, 0.15) is 10.4 Å². The van der Waals surface area contributed by atoms with Crippen LogP contribution >= 0.6 is 10.7 Å². The average molecular weight is 245 g/mol. The highest BCUT2D eigenvalue weighted by molar-refractivity contribution is 8.14. The van der Waals surface area contributed by atoms with E-state index in [0.29, 0.717) is 17.4 Å². The molecule has 0 aliphatic heterocycles. The maximum absolute atomic E-state index is 11.2. The lowest BCUT2D eigenvalue weighted by atomic mass is 10.2. The number of H-pyrrole nitrogens is 1. The first kappa shape index (κ1) is 10.1. The van der Waals surface area contributed by atoms with E-state index in [1.54, 1.807) is 0 Å². The molecular formula is C8H5ClN2O3S. The van der Waals surface area contributed by atoms with E-state index >= 15 is 0 Å². The normalized spacial score (nSPS) is 11.8. The molecule has 2 aromatic rings. The molecule has 0 aliphatic carbocycles. The Morgan fingerprint density at radius 2 is 2.13 bits per heavy atom. The molecule has 0 spiro atoms. The zero-order valence-corrected chi connectivity index (χ0v) is 8.84. The fourth-order valence-corrected chi connectivity index (χ4v) is 2.31. The predicted molar refractivity (Wildman–Crippen MR) is 54.5 cm³/mol. The molecule has 1 N–H and O–H groups in total. The summed E-state index contributed by atoms with van der Waals surface area (Å²) in [6, 6.07) is 2.64. The zero-order chi connectivity index (χ0) is 11.1. The van der Waals surface area contributed by atoms with Crippen LogP contribution in [0.2, 0.25) is 0 Å². The van der Waals surface area contributed by atoms with Gasteiger partial charge in [-0.15, -0.1) is 0 Å². The monoisotopic (exact) mass is 244 g/mol. The molecule has 1 heterocycles. The second-order valence-electron chi connectivity index (χ2n) is 2.83. The van der Waals surface area contributed by atoms with Crippen molar-refractivity contribution in [3.8, 4) is 0 Å². The number of aldehydes is 1. The van der Waals surface area contributed by atoms with Gasteiger partial charge in [0.2, 0.25) is 0 Å². The van der Waals surface area contributed by atoms with Crippen LogP contribution in [-0.4, -0.2) is 24.7 Å². The summed E-state index contributed by atoms with van der Waals surface area (Å²) in [5, 5.41) is 0. The summed E-state index contributed by atoms with van der Waals surface area (Å²) in [4.78, 5) is 17.0. The standard InChI is InChI=1S/C8H5ClN2O3S/c9-15(13,14)6-2-1-5(3-12)7-8(6)11-4-10-7/h1-4H,(H,10,11). The van der Waals surface area contributed by atoms with E-state index in [1.807, 2.05) is 0 Å². The molecule has 78 valence electrons. The number of benzene rings is 1. The van der Waals surface area contributed by atoms with E-state index in [4.69, 9.17) is 10.7 Å². The fraction of sp³-hybridized carbons (Fsp3) is 0. The summed E-state index contributed by atoms with van der Waals surface area (Å²) in [5.74, 6) is 0. The lowest BCUT2D eigenvalue weighted by Gasteiger charge is -1.99. The van der Waals surface area contributed by atoms with E-state index in [-0.39, 0.29) is 10.4 Å². The van der Waals surface area contributed by atoms with E-state index < -0.39 is 9.05 Å². The van der Waals surface area contributed by atoms with Gasteiger partial charge in [-0.1, -0.05) is 0 Å². The summed E-state index contributed by atoms with van der Waals surface area (Å²) in [6.07, 6.45) is 1.92. The first-order chi connectivity index (χ1) is 7.04. The number of imidazole rings is 1. The molecule has 0 amide bonds. The summed E-state index contributed by atoms with van der Waals surface area (Å²) < 4.78 is 22.3. The molecule has 15 heavy (non-hydrogen) atoms. The highest BCUT2D eigenvalue weighted by Crippen LogP contribution is 2.24.